The van der Waals surface area contributed by atoms with Gasteiger partial charge < -0.3 is 5.73 Å². The van der Waals surface area contributed by atoms with Crippen LogP contribution in [0.2, 0.25) is 5.02 Å². The van der Waals surface area contributed by atoms with Crippen molar-refractivity contribution in [2.75, 3.05) is 5.73 Å². The largest absolute Gasteiger partial charge is 0.399 e. The summed E-state index contributed by atoms with van der Waals surface area (Å²) in [6, 6.07) is 5.37. The minimum atomic E-state index is 0.607. The summed E-state index contributed by atoms with van der Waals surface area (Å²) in [4.78, 5) is 4.18. The monoisotopic (exact) mass is 222 g/mol. The maximum atomic E-state index is 5.93. The normalized spacial score (nSPS) is 10.5. The van der Waals surface area contributed by atoms with Gasteiger partial charge >= 0.3 is 0 Å². The number of nitrogen functional groups attached to an aromatic ring is 1. The average molecular weight is 223 g/mol. The molecule has 2 N–H and O–H groups in total. The lowest BCUT2D eigenvalue weighted by Gasteiger charge is -2.04. The SMILES string of the molecule is CCn1ncnc1-c1cc(N)cc(Cl)c1. The van der Waals surface area contributed by atoms with Crippen molar-refractivity contribution in [2.45, 2.75) is 13.5 Å². The summed E-state index contributed by atoms with van der Waals surface area (Å²) in [5, 5.41) is 4.70. The second-order valence-corrected chi connectivity index (χ2v) is 3.61. The molecule has 0 aliphatic heterocycles. The fourth-order valence-corrected chi connectivity index (χ4v) is 1.70. The number of hydrogen-bond donors (Lipinski definition) is 1. The second kappa shape index (κ2) is 3.90. The fourth-order valence-electron chi connectivity index (χ4n) is 1.46. The van der Waals surface area contributed by atoms with Crippen LogP contribution in [0.5, 0.6) is 0 Å². The lowest BCUT2D eigenvalue weighted by molar-refractivity contribution is 0.666. The molecule has 1 aromatic carbocycles. The zero-order valence-corrected chi connectivity index (χ0v) is 9.07. The Bertz CT molecular complexity index is 458. The van der Waals surface area contributed by atoms with Crippen LogP contribution in [0.25, 0.3) is 11.4 Å². The van der Waals surface area contributed by atoms with Gasteiger partial charge in [-0.2, -0.15) is 5.10 Å². The third-order valence-electron chi connectivity index (χ3n) is 2.09. The topological polar surface area (TPSA) is 56.7 Å². The number of hydrogen-bond acceptors (Lipinski definition) is 3. The highest BCUT2D eigenvalue weighted by atomic mass is 35.5. The van der Waals surface area contributed by atoms with Crippen LogP contribution in [-0.2, 0) is 6.54 Å². The minimum Gasteiger partial charge on any atom is -0.399 e. The van der Waals surface area contributed by atoms with Crippen LogP contribution in [-0.4, -0.2) is 14.8 Å². The molecule has 0 spiro atoms. The molecule has 1 aromatic heterocycles. The number of anilines is 1. The van der Waals surface area contributed by atoms with Crippen molar-refractivity contribution in [2.24, 2.45) is 0 Å². The minimum absolute atomic E-state index is 0.607. The van der Waals surface area contributed by atoms with Crippen LogP contribution in [0.1, 0.15) is 6.92 Å². The van der Waals surface area contributed by atoms with E-state index in [0.29, 0.717) is 10.7 Å². The van der Waals surface area contributed by atoms with Crippen molar-refractivity contribution in [3.63, 3.8) is 0 Å². The number of aromatic nitrogens is 3. The Labute approximate surface area is 92.7 Å². The summed E-state index contributed by atoms with van der Waals surface area (Å²) in [5.41, 5.74) is 7.23. The van der Waals surface area contributed by atoms with E-state index in [4.69, 9.17) is 17.3 Å². The van der Waals surface area contributed by atoms with Gasteiger partial charge in [-0.3, -0.25) is 0 Å². The molecule has 0 amide bonds. The molecule has 0 aliphatic rings. The van der Waals surface area contributed by atoms with Gasteiger partial charge in [-0.05, 0) is 25.1 Å². The van der Waals surface area contributed by atoms with E-state index < -0.39 is 0 Å². The van der Waals surface area contributed by atoms with Gasteiger partial charge in [0.1, 0.15) is 6.33 Å². The van der Waals surface area contributed by atoms with Gasteiger partial charge in [0, 0.05) is 22.8 Å². The summed E-state index contributed by atoms with van der Waals surface area (Å²) in [6.07, 6.45) is 1.52. The van der Waals surface area contributed by atoms with Gasteiger partial charge in [-0.1, -0.05) is 11.6 Å². The van der Waals surface area contributed by atoms with E-state index in [1.165, 1.54) is 6.33 Å². The molecular formula is C10H11ClN4. The van der Waals surface area contributed by atoms with Crippen LogP contribution in [0.15, 0.2) is 24.5 Å². The zero-order valence-electron chi connectivity index (χ0n) is 8.31. The van der Waals surface area contributed by atoms with Crippen LogP contribution in [0, 0.1) is 0 Å². The molecule has 0 aliphatic carbocycles. The third-order valence-corrected chi connectivity index (χ3v) is 2.31. The number of nitrogens with zero attached hydrogens (tertiary/aromatic N) is 3. The molecule has 2 rings (SSSR count). The first-order valence-electron chi connectivity index (χ1n) is 4.65. The summed E-state index contributed by atoms with van der Waals surface area (Å²) in [5.74, 6) is 0.784. The Morgan fingerprint density at radius 1 is 1.40 bits per heavy atom. The van der Waals surface area contributed by atoms with Crippen LogP contribution < -0.4 is 5.73 Å². The fraction of sp³-hybridized carbons (Fsp3) is 0.200. The predicted molar refractivity (Wildman–Crippen MR) is 60.6 cm³/mol. The van der Waals surface area contributed by atoms with E-state index in [9.17, 15) is 0 Å². The summed E-state index contributed by atoms with van der Waals surface area (Å²) >= 11 is 5.93. The predicted octanol–water partition coefficient (Wildman–Crippen LogP) is 2.20. The summed E-state index contributed by atoms with van der Waals surface area (Å²) < 4.78 is 1.80. The van der Waals surface area contributed by atoms with Crippen molar-refractivity contribution in [1.29, 1.82) is 0 Å². The standard InChI is InChI=1S/C10H11ClN4/c1-2-15-10(13-6-14-15)7-3-8(11)5-9(12)4-7/h3-6H,2,12H2,1H3. The van der Waals surface area contributed by atoms with E-state index >= 15 is 0 Å². The summed E-state index contributed by atoms with van der Waals surface area (Å²) in [6.45, 7) is 2.77. The Hall–Kier alpha value is -1.55. The Balaban J connectivity index is 2.53. The van der Waals surface area contributed by atoms with Gasteiger partial charge in [-0.25, -0.2) is 9.67 Å². The van der Waals surface area contributed by atoms with Gasteiger partial charge in [0.05, 0.1) is 0 Å². The molecular weight excluding hydrogens is 212 g/mol. The highest BCUT2D eigenvalue weighted by Gasteiger charge is 2.07. The van der Waals surface area contributed by atoms with Crippen LogP contribution >= 0.6 is 11.6 Å². The molecule has 2 aromatic rings. The van der Waals surface area contributed by atoms with Crippen LogP contribution in [0.3, 0.4) is 0 Å². The molecule has 0 fully saturated rings. The van der Waals surface area contributed by atoms with E-state index in [2.05, 4.69) is 10.1 Å². The highest BCUT2D eigenvalue weighted by molar-refractivity contribution is 6.31. The van der Waals surface area contributed by atoms with Crippen molar-refractivity contribution in [1.82, 2.24) is 14.8 Å². The quantitative estimate of drug-likeness (QED) is 0.793. The van der Waals surface area contributed by atoms with Crippen molar-refractivity contribution < 1.29 is 0 Å². The smallest absolute Gasteiger partial charge is 0.158 e. The molecule has 0 atom stereocenters. The molecule has 0 radical (unpaired) electrons. The van der Waals surface area contributed by atoms with E-state index in [0.717, 1.165) is 17.9 Å². The van der Waals surface area contributed by atoms with Crippen LogP contribution in [0.4, 0.5) is 5.69 Å². The molecule has 5 heteroatoms. The molecule has 78 valence electrons. The Morgan fingerprint density at radius 2 is 2.20 bits per heavy atom. The maximum absolute atomic E-state index is 5.93. The molecule has 0 unspecified atom stereocenters. The van der Waals surface area contributed by atoms with Crippen molar-refractivity contribution in [3.8, 4) is 11.4 Å². The van der Waals surface area contributed by atoms with Gasteiger partial charge in [0.15, 0.2) is 5.82 Å². The third kappa shape index (κ3) is 1.94. The average Bonchev–Trinajstić information content (AvgIpc) is 2.63. The van der Waals surface area contributed by atoms with E-state index in [1.54, 1.807) is 10.7 Å². The highest BCUT2D eigenvalue weighted by Crippen LogP contribution is 2.24. The summed E-state index contributed by atoms with van der Waals surface area (Å²) in [7, 11) is 0. The lowest BCUT2D eigenvalue weighted by Crippen LogP contribution is -1.99. The van der Waals surface area contributed by atoms with E-state index in [1.807, 2.05) is 19.1 Å². The second-order valence-electron chi connectivity index (χ2n) is 3.17. The molecule has 0 bridgehead atoms. The number of rotatable bonds is 2. The van der Waals surface area contributed by atoms with Crippen molar-refractivity contribution >= 4 is 17.3 Å². The molecule has 4 nitrogen and oxygen atoms in total. The first-order chi connectivity index (χ1) is 7.20. The molecule has 0 saturated heterocycles. The number of benzene rings is 1. The number of halogens is 1. The molecule has 15 heavy (non-hydrogen) atoms. The number of nitrogens with two attached hydrogens (primary N) is 1. The number of aryl methyl sites for hydroxylation is 1. The molecule has 0 saturated carbocycles. The Kier molecular flexibility index (Phi) is 2.60. The maximum Gasteiger partial charge on any atom is 0.158 e. The van der Waals surface area contributed by atoms with Crippen molar-refractivity contribution in [3.05, 3.63) is 29.5 Å². The first-order valence-corrected chi connectivity index (χ1v) is 5.02. The first kappa shape index (κ1) is 9.98. The van der Waals surface area contributed by atoms with Gasteiger partial charge in [0.25, 0.3) is 0 Å². The van der Waals surface area contributed by atoms with Gasteiger partial charge in [0.2, 0.25) is 0 Å². The van der Waals surface area contributed by atoms with E-state index in [-0.39, 0.29) is 0 Å². The lowest BCUT2D eigenvalue weighted by atomic mass is 10.2. The Morgan fingerprint density at radius 3 is 2.87 bits per heavy atom. The molecule has 1 heterocycles. The zero-order chi connectivity index (χ0) is 10.8. The van der Waals surface area contributed by atoms with Gasteiger partial charge in [-0.15, -0.1) is 0 Å².